The summed E-state index contributed by atoms with van der Waals surface area (Å²) in [6.45, 7) is 3.65. The third-order valence-corrected chi connectivity index (χ3v) is 4.12. The fourth-order valence-corrected chi connectivity index (χ4v) is 2.70. The van der Waals surface area contributed by atoms with E-state index in [1.165, 1.54) is 6.07 Å². The molecule has 0 bridgehead atoms. The van der Waals surface area contributed by atoms with Crippen molar-refractivity contribution in [2.45, 2.75) is 31.5 Å². The van der Waals surface area contributed by atoms with E-state index in [-0.39, 0.29) is 11.6 Å². The van der Waals surface area contributed by atoms with Crippen LogP contribution in [0.2, 0.25) is 0 Å². The van der Waals surface area contributed by atoms with Crippen LogP contribution in [-0.4, -0.2) is 19.9 Å². The van der Waals surface area contributed by atoms with E-state index in [0.29, 0.717) is 12.3 Å². The van der Waals surface area contributed by atoms with Crippen LogP contribution in [0.25, 0.3) is 0 Å². The molecule has 0 aromatic carbocycles. The number of furan rings is 1. The standard InChI is InChI=1S/C14H19N3O3S/c1-2-7-16-11-13-3-4-14(20-13)21(18,19)17-10-12-5-8-15-9-6-12/h3-6,8-9,16-17H,2,7,10-11H2,1H3. The van der Waals surface area contributed by atoms with Crippen LogP contribution in [0.15, 0.2) is 46.2 Å². The van der Waals surface area contributed by atoms with Gasteiger partial charge in [0.05, 0.1) is 6.54 Å². The molecular formula is C14H19N3O3S. The van der Waals surface area contributed by atoms with Gasteiger partial charge in [0.2, 0.25) is 5.09 Å². The van der Waals surface area contributed by atoms with Gasteiger partial charge in [-0.3, -0.25) is 4.98 Å². The van der Waals surface area contributed by atoms with Crippen molar-refractivity contribution in [3.8, 4) is 0 Å². The van der Waals surface area contributed by atoms with Crippen molar-refractivity contribution in [1.82, 2.24) is 15.0 Å². The van der Waals surface area contributed by atoms with Gasteiger partial charge in [0.1, 0.15) is 5.76 Å². The second-order valence-electron chi connectivity index (χ2n) is 4.58. The Kier molecular flexibility index (Phi) is 5.49. The van der Waals surface area contributed by atoms with Crippen LogP contribution in [0.5, 0.6) is 0 Å². The number of hydrogen-bond donors (Lipinski definition) is 2. The quantitative estimate of drug-likeness (QED) is 0.724. The predicted octanol–water partition coefficient (Wildman–Crippen LogP) is 1.65. The van der Waals surface area contributed by atoms with E-state index in [1.54, 1.807) is 30.6 Å². The van der Waals surface area contributed by atoms with Gasteiger partial charge in [-0.15, -0.1) is 0 Å². The second-order valence-corrected chi connectivity index (χ2v) is 6.28. The molecule has 2 N–H and O–H groups in total. The lowest BCUT2D eigenvalue weighted by Gasteiger charge is -2.04. The lowest BCUT2D eigenvalue weighted by molar-refractivity contribution is 0.400. The number of hydrogen-bond acceptors (Lipinski definition) is 5. The summed E-state index contributed by atoms with van der Waals surface area (Å²) in [4.78, 5) is 3.88. The van der Waals surface area contributed by atoms with Crippen molar-refractivity contribution in [2.75, 3.05) is 6.54 Å². The van der Waals surface area contributed by atoms with Crippen molar-refractivity contribution in [2.24, 2.45) is 0 Å². The van der Waals surface area contributed by atoms with Gasteiger partial charge in [0, 0.05) is 18.9 Å². The fraction of sp³-hybridized carbons (Fsp3) is 0.357. The van der Waals surface area contributed by atoms with Crippen molar-refractivity contribution in [3.63, 3.8) is 0 Å². The minimum absolute atomic E-state index is 0.0649. The SMILES string of the molecule is CCCNCc1ccc(S(=O)(=O)NCc2ccncc2)o1. The number of pyridine rings is 1. The number of rotatable bonds is 8. The zero-order chi connectivity index (χ0) is 15.1. The first-order valence-corrected chi connectivity index (χ1v) is 8.28. The van der Waals surface area contributed by atoms with Gasteiger partial charge in [-0.05, 0) is 42.8 Å². The molecule has 0 saturated heterocycles. The molecule has 7 heteroatoms. The summed E-state index contributed by atoms with van der Waals surface area (Å²) in [6, 6.07) is 6.65. The van der Waals surface area contributed by atoms with Crippen LogP contribution < -0.4 is 10.0 Å². The maximum atomic E-state index is 12.1. The molecule has 0 radical (unpaired) electrons. The molecule has 21 heavy (non-hydrogen) atoms. The Morgan fingerprint density at radius 3 is 2.62 bits per heavy atom. The highest BCUT2D eigenvalue weighted by Gasteiger charge is 2.18. The smallest absolute Gasteiger partial charge is 0.274 e. The molecule has 2 aromatic rings. The number of nitrogens with one attached hydrogen (secondary N) is 2. The number of nitrogens with zero attached hydrogens (tertiary/aromatic N) is 1. The molecule has 0 aliphatic heterocycles. The van der Waals surface area contributed by atoms with Crippen LogP contribution in [0, 0.1) is 0 Å². The van der Waals surface area contributed by atoms with Gasteiger partial charge in [0.25, 0.3) is 10.0 Å². The molecule has 0 atom stereocenters. The third kappa shape index (κ3) is 4.66. The molecule has 2 rings (SSSR count). The Hall–Kier alpha value is -1.70. The van der Waals surface area contributed by atoms with Gasteiger partial charge >= 0.3 is 0 Å². The Labute approximate surface area is 124 Å². The van der Waals surface area contributed by atoms with Crippen LogP contribution in [0.4, 0.5) is 0 Å². The summed E-state index contributed by atoms with van der Waals surface area (Å²) in [6.07, 6.45) is 4.25. The fourth-order valence-electron chi connectivity index (χ4n) is 1.74. The predicted molar refractivity (Wildman–Crippen MR) is 79.0 cm³/mol. The van der Waals surface area contributed by atoms with Crippen LogP contribution in [-0.2, 0) is 23.1 Å². The Bertz CT molecular complexity index is 653. The highest BCUT2D eigenvalue weighted by atomic mass is 32.2. The average Bonchev–Trinajstić information content (AvgIpc) is 2.96. The van der Waals surface area contributed by atoms with Gasteiger partial charge in [-0.1, -0.05) is 6.92 Å². The van der Waals surface area contributed by atoms with E-state index in [2.05, 4.69) is 21.9 Å². The van der Waals surface area contributed by atoms with Crippen molar-refractivity contribution < 1.29 is 12.8 Å². The number of sulfonamides is 1. The molecule has 0 amide bonds. The second kappa shape index (κ2) is 7.35. The largest absolute Gasteiger partial charge is 0.447 e. The van der Waals surface area contributed by atoms with Gasteiger partial charge in [0.15, 0.2) is 0 Å². The zero-order valence-electron chi connectivity index (χ0n) is 11.9. The molecule has 0 aliphatic rings. The summed E-state index contributed by atoms with van der Waals surface area (Å²) >= 11 is 0. The van der Waals surface area contributed by atoms with E-state index in [9.17, 15) is 8.42 Å². The van der Waals surface area contributed by atoms with Crippen molar-refractivity contribution in [3.05, 3.63) is 48.0 Å². The van der Waals surface area contributed by atoms with E-state index in [0.717, 1.165) is 18.5 Å². The molecule has 0 fully saturated rings. The van der Waals surface area contributed by atoms with Gasteiger partial charge < -0.3 is 9.73 Å². The molecule has 0 saturated carbocycles. The molecule has 2 heterocycles. The van der Waals surface area contributed by atoms with E-state index in [4.69, 9.17) is 4.42 Å². The van der Waals surface area contributed by atoms with E-state index < -0.39 is 10.0 Å². The zero-order valence-corrected chi connectivity index (χ0v) is 12.7. The minimum Gasteiger partial charge on any atom is -0.447 e. The Balaban J connectivity index is 1.96. The molecule has 0 spiro atoms. The van der Waals surface area contributed by atoms with E-state index >= 15 is 0 Å². The maximum Gasteiger partial charge on any atom is 0.274 e. The van der Waals surface area contributed by atoms with Crippen molar-refractivity contribution >= 4 is 10.0 Å². The molecule has 0 unspecified atom stereocenters. The molecule has 6 nitrogen and oxygen atoms in total. The van der Waals surface area contributed by atoms with Gasteiger partial charge in [-0.2, -0.15) is 0 Å². The normalized spacial score (nSPS) is 11.7. The first-order chi connectivity index (χ1) is 10.1. The highest BCUT2D eigenvalue weighted by Crippen LogP contribution is 2.14. The summed E-state index contributed by atoms with van der Waals surface area (Å²) < 4.78 is 32.1. The first kappa shape index (κ1) is 15.7. The minimum atomic E-state index is -3.63. The Morgan fingerprint density at radius 2 is 1.90 bits per heavy atom. The molecule has 114 valence electrons. The summed E-state index contributed by atoms with van der Waals surface area (Å²) in [7, 11) is -3.63. The number of aromatic nitrogens is 1. The van der Waals surface area contributed by atoms with Gasteiger partial charge in [-0.25, -0.2) is 13.1 Å². The van der Waals surface area contributed by atoms with Crippen LogP contribution >= 0.6 is 0 Å². The average molecular weight is 309 g/mol. The molecule has 2 aromatic heterocycles. The summed E-state index contributed by atoms with van der Waals surface area (Å²) in [5, 5.41) is 3.09. The Morgan fingerprint density at radius 1 is 1.14 bits per heavy atom. The lowest BCUT2D eigenvalue weighted by atomic mass is 10.3. The molecular weight excluding hydrogens is 290 g/mol. The lowest BCUT2D eigenvalue weighted by Crippen LogP contribution is -2.22. The van der Waals surface area contributed by atoms with Crippen molar-refractivity contribution in [1.29, 1.82) is 0 Å². The maximum absolute atomic E-state index is 12.1. The third-order valence-electron chi connectivity index (χ3n) is 2.84. The summed E-state index contributed by atoms with van der Waals surface area (Å²) in [5.41, 5.74) is 0.838. The van der Waals surface area contributed by atoms with Crippen LogP contribution in [0.3, 0.4) is 0 Å². The van der Waals surface area contributed by atoms with Crippen LogP contribution in [0.1, 0.15) is 24.7 Å². The van der Waals surface area contributed by atoms with E-state index in [1.807, 2.05) is 0 Å². The highest BCUT2D eigenvalue weighted by molar-refractivity contribution is 7.89. The topological polar surface area (TPSA) is 84.2 Å². The molecule has 0 aliphatic carbocycles. The summed E-state index contributed by atoms with van der Waals surface area (Å²) in [5.74, 6) is 0.604. The monoisotopic (exact) mass is 309 g/mol. The first-order valence-electron chi connectivity index (χ1n) is 6.80.